The third-order valence-electron chi connectivity index (χ3n) is 3.66. The third-order valence-corrected chi connectivity index (χ3v) is 5.84. The quantitative estimate of drug-likeness (QED) is 0.739. The topological polar surface area (TPSA) is 99.6 Å². The average Bonchev–Trinajstić information content (AvgIpc) is 3.02. The highest BCUT2D eigenvalue weighted by atomic mass is 32.2. The Morgan fingerprint density at radius 2 is 2.15 bits per heavy atom. The molecule has 1 aliphatic carbocycles. The Morgan fingerprint density at radius 3 is 2.85 bits per heavy atom. The van der Waals surface area contributed by atoms with Gasteiger partial charge in [-0.1, -0.05) is 31.7 Å². The van der Waals surface area contributed by atoms with Gasteiger partial charge in [0.2, 0.25) is 10.7 Å². The number of fused-ring (bicyclic) bond motifs is 1. The van der Waals surface area contributed by atoms with Crippen molar-refractivity contribution in [3.8, 4) is 0 Å². The van der Waals surface area contributed by atoms with Crippen LogP contribution in [0.25, 0.3) is 11.0 Å². The number of nitrogen functional groups attached to an aromatic ring is 1. The molecule has 0 bridgehead atoms. The highest BCUT2D eigenvalue weighted by Crippen LogP contribution is 2.27. The first-order valence-corrected chi connectivity index (χ1v) is 10.3. The van der Waals surface area contributed by atoms with Crippen LogP contribution in [0.4, 0.5) is 5.82 Å². The lowest BCUT2D eigenvalue weighted by atomic mass is 10.0. The van der Waals surface area contributed by atoms with Crippen molar-refractivity contribution < 1.29 is 9.53 Å². The van der Waals surface area contributed by atoms with Crippen LogP contribution in [0.3, 0.4) is 0 Å². The number of anilines is 1. The van der Waals surface area contributed by atoms with Crippen molar-refractivity contribution in [2.75, 3.05) is 18.1 Å². The molecular weight excluding hydrogens is 384 g/mol. The van der Waals surface area contributed by atoms with E-state index in [2.05, 4.69) is 23.2 Å². The van der Waals surface area contributed by atoms with Gasteiger partial charge in [0.05, 0.1) is 12.2 Å². The van der Waals surface area contributed by atoms with E-state index in [1.54, 1.807) is 41.3 Å². The zero-order valence-corrected chi connectivity index (χ0v) is 16.9. The van der Waals surface area contributed by atoms with Gasteiger partial charge in [0.1, 0.15) is 5.82 Å². The number of carbonyl (C=O) groups is 1. The van der Waals surface area contributed by atoms with Crippen LogP contribution in [0, 0.1) is 5.92 Å². The van der Waals surface area contributed by atoms with E-state index in [1.807, 2.05) is 0 Å². The molecule has 142 valence electrons. The summed E-state index contributed by atoms with van der Waals surface area (Å²) >= 11 is 2.72. The summed E-state index contributed by atoms with van der Waals surface area (Å²) in [6, 6.07) is 0. The minimum atomic E-state index is -0.430. The lowest BCUT2D eigenvalue weighted by Gasteiger charge is -2.10. The van der Waals surface area contributed by atoms with Gasteiger partial charge in [0.25, 0.3) is 5.56 Å². The monoisotopic (exact) mass is 404 g/mol. The van der Waals surface area contributed by atoms with Crippen LogP contribution in [-0.4, -0.2) is 31.9 Å². The van der Waals surface area contributed by atoms with Gasteiger partial charge in [-0.25, -0.2) is 4.40 Å². The summed E-state index contributed by atoms with van der Waals surface area (Å²) < 4.78 is 11.4. The molecule has 0 saturated carbocycles. The SMILES string of the molecule is CCOC1=C/C(=C\c2c(N)n3c(SCC(C)C)nsc3nc2=O)C=CC1=O. The molecule has 2 N–H and O–H groups in total. The minimum Gasteiger partial charge on any atom is -0.490 e. The van der Waals surface area contributed by atoms with Gasteiger partial charge in [-0.3, -0.25) is 9.59 Å². The second-order valence-electron chi connectivity index (χ2n) is 6.29. The van der Waals surface area contributed by atoms with Gasteiger partial charge in [-0.05, 0) is 36.6 Å². The maximum Gasteiger partial charge on any atom is 0.283 e. The van der Waals surface area contributed by atoms with Gasteiger partial charge in [-0.2, -0.15) is 9.36 Å². The van der Waals surface area contributed by atoms with Crippen LogP contribution in [0.15, 0.2) is 39.5 Å². The highest BCUT2D eigenvalue weighted by molar-refractivity contribution is 7.99. The number of nitrogens with zero attached hydrogens (tertiary/aromatic N) is 3. The van der Waals surface area contributed by atoms with Gasteiger partial charge in [0, 0.05) is 17.3 Å². The van der Waals surface area contributed by atoms with Crippen molar-refractivity contribution in [3.63, 3.8) is 0 Å². The number of rotatable bonds is 6. The molecule has 2 aromatic heterocycles. The summed E-state index contributed by atoms with van der Waals surface area (Å²) in [4.78, 5) is 28.8. The molecule has 9 heteroatoms. The molecule has 27 heavy (non-hydrogen) atoms. The van der Waals surface area contributed by atoms with Crippen LogP contribution in [0.2, 0.25) is 0 Å². The molecule has 0 saturated heterocycles. The number of thioether (sulfide) groups is 1. The zero-order valence-electron chi connectivity index (χ0n) is 15.3. The maximum atomic E-state index is 12.5. The molecule has 0 radical (unpaired) electrons. The Bertz CT molecular complexity index is 1030. The van der Waals surface area contributed by atoms with Crippen LogP contribution in [0.1, 0.15) is 26.3 Å². The predicted molar refractivity (Wildman–Crippen MR) is 109 cm³/mol. The van der Waals surface area contributed by atoms with E-state index in [-0.39, 0.29) is 22.9 Å². The molecule has 0 spiro atoms. The van der Waals surface area contributed by atoms with Gasteiger partial charge in [0.15, 0.2) is 10.9 Å². The molecule has 1 aliphatic rings. The summed E-state index contributed by atoms with van der Waals surface area (Å²) in [5.41, 5.74) is 6.77. The number of ether oxygens (including phenoxy) is 1. The number of hydrogen-bond acceptors (Lipinski definition) is 8. The zero-order chi connectivity index (χ0) is 19.6. The number of aromatic nitrogens is 3. The fourth-order valence-corrected chi connectivity index (χ4v) is 4.22. The van der Waals surface area contributed by atoms with Crippen molar-refractivity contribution in [1.82, 2.24) is 13.8 Å². The number of nitrogens with two attached hydrogens (primary N) is 1. The average molecular weight is 405 g/mol. The second-order valence-corrected chi connectivity index (χ2v) is 8.00. The Kier molecular flexibility index (Phi) is 5.81. The molecule has 7 nitrogen and oxygen atoms in total. The minimum absolute atomic E-state index is 0.207. The Labute approximate surface area is 164 Å². The first-order valence-electron chi connectivity index (χ1n) is 8.50. The van der Waals surface area contributed by atoms with E-state index >= 15 is 0 Å². The Hall–Kier alpha value is -2.39. The molecule has 0 aromatic carbocycles. The summed E-state index contributed by atoms with van der Waals surface area (Å²) in [5, 5.41) is 0.716. The lowest BCUT2D eigenvalue weighted by Crippen LogP contribution is -2.17. The summed E-state index contributed by atoms with van der Waals surface area (Å²) in [6.07, 6.45) is 6.25. The van der Waals surface area contributed by atoms with E-state index in [0.29, 0.717) is 28.2 Å². The van der Waals surface area contributed by atoms with E-state index in [9.17, 15) is 9.59 Å². The molecule has 0 fully saturated rings. The Balaban J connectivity index is 2.06. The van der Waals surface area contributed by atoms with E-state index < -0.39 is 5.56 Å². The number of hydrogen-bond donors (Lipinski definition) is 1. The molecular formula is C18H20N4O3S2. The molecule has 2 aromatic rings. The Morgan fingerprint density at radius 1 is 1.37 bits per heavy atom. The van der Waals surface area contributed by atoms with Gasteiger partial charge >= 0.3 is 0 Å². The summed E-state index contributed by atoms with van der Waals surface area (Å²) in [5.74, 6) is 1.70. The maximum absolute atomic E-state index is 12.5. The standard InChI is InChI=1S/C18H20N4O3S2/c1-4-25-14-8-11(5-6-13(14)23)7-12-15(19)22-17(20-16(12)24)27-21-18(22)26-9-10(2)3/h5-8,10H,4,9,19H2,1-3H3/b11-7-. The van der Waals surface area contributed by atoms with E-state index in [1.165, 1.54) is 6.08 Å². The molecule has 0 amide bonds. The normalized spacial score (nSPS) is 15.8. The number of allylic oxidation sites excluding steroid dienone is 4. The van der Waals surface area contributed by atoms with Gasteiger partial charge in [-0.15, -0.1) is 0 Å². The molecule has 0 unspecified atom stereocenters. The fraction of sp³-hybridized carbons (Fsp3) is 0.333. The molecule has 2 heterocycles. The van der Waals surface area contributed by atoms with Crippen LogP contribution < -0.4 is 11.3 Å². The largest absolute Gasteiger partial charge is 0.490 e. The van der Waals surface area contributed by atoms with Crippen molar-refractivity contribution in [1.29, 1.82) is 0 Å². The second kappa shape index (κ2) is 8.10. The van der Waals surface area contributed by atoms with Crippen molar-refractivity contribution in [2.45, 2.75) is 25.9 Å². The smallest absolute Gasteiger partial charge is 0.283 e. The first kappa shape index (κ1) is 19.4. The van der Waals surface area contributed by atoms with Crippen LogP contribution in [-0.2, 0) is 9.53 Å². The summed E-state index contributed by atoms with van der Waals surface area (Å²) in [7, 11) is 0. The summed E-state index contributed by atoms with van der Waals surface area (Å²) in [6.45, 7) is 6.43. The number of ketones is 1. The van der Waals surface area contributed by atoms with Crippen LogP contribution >= 0.6 is 23.3 Å². The lowest BCUT2D eigenvalue weighted by molar-refractivity contribution is -0.114. The van der Waals surface area contributed by atoms with E-state index in [4.69, 9.17) is 10.5 Å². The van der Waals surface area contributed by atoms with E-state index in [0.717, 1.165) is 17.3 Å². The van der Waals surface area contributed by atoms with Crippen LogP contribution in [0.5, 0.6) is 0 Å². The first-order chi connectivity index (χ1) is 12.9. The van der Waals surface area contributed by atoms with Crippen molar-refractivity contribution >= 4 is 45.9 Å². The van der Waals surface area contributed by atoms with Gasteiger partial charge < -0.3 is 10.5 Å². The van der Waals surface area contributed by atoms with Crippen molar-refractivity contribution in [3.05, 3.63) is 45.5 Å². The fourth-order valence-electron chi connectivity index (χ4n) is 2.41. The predicted octanol–water partition coefficient (Wildman–Crippen LogP) is 2.92. The molecule has 0 atom stereocenters. The van der Waals surface area contributed by atoms with Crippen molar-refractivity contribution in [2.24, 2.45) is 5.92 Å². The highest BCUT2D eigenvalue weighted by Gasteiger charge is 2.17. The molecule has 0 aliphatic heterocycles. The molecule has 3 rings (SSSR count). The number of carbonyl (C=O) groups excluding carboxylic acids is 1. The third kappa shape index (κ3) is 4.14.